The molecule has 108 valence electrons. The highest BCUT2D eigenvalue weighted by molar-refractivity contribution is 7.16. The van der Waals surface area contributed by atoms with Gasteiger partial charge in [-0.25, -0.2) is 0 Å². The van der Waals surface area contributed by atoms with E-state index in [0.717, 1.165) is 34.6 Å². The maximum Gasteiger partial charge on any atom is 0.251 e. The van der Waals surface area contributed by atoms with Crippen LogP contribution in [-0.4, -0.2) is 25.0 Å². The van der Waals surface area contributed by atoms with Gasteiger partial charge in [0.25, 0.3) is 5.91 Å². The number of nitrogens with one attached hydrogen (secondary N) is 1. The predicted octanol–water partition coefficient (Wildman–Crippen LogP) is 1.54. The number of fused-ring (bicyclic) bond motifs is 1. The van der Waals surface area contributed by atoms with Gasteiger partial charge in [-0.3, -0.25) is 9.59 Å². The topological polar surface area (TPSA) is 89.3 Å². The second-order valence-electron chi connectivity index (χ2n) is 5.01. The SMILES string of the molecule is CNc1sc2c(c1C(N)=O)CCC(=O)C2.O=CC1CC1. The van der Waals surface area contributed by atoms with E-state index < -0.39 is 5.91 Å². The smallest absolute Gasteiger partial charge is 0.251 e. The molecule has 2 aliphatic carbocycles. The largest absolute Gasteiger partial charge is 0.379 e. The van der Waals surface area contributed by atoms with Crippen molar-refractivity contribution in [2.24, 2.45) is 11.7 Å². The fourth-order valence-electron chi connectivity index (χ4n) is 2.12. The molecule has 1 heterocycles. The molecule has 3 N–H and O–H groups in total. The normalized spacial score (nSPS) is 16.8. The zero-order valence-electron chi connectivity index (χ0n) is 11.4. The molecule has 1 saturated carbocycles. The van der Waals surface area contributed by atoms with Crippen LogP contribution in [-0.2, 0) is 22.4 Å². The fourth-order valence-corrected chi connectivity index (χ4v) is 3.36. The lowest BCUT2D eigenvalue weighted by Gasteiger charge is -2.10. The van der Waals surface area contributed by atoms with Gasteiger partial charge >= 0.3 is 0 Å². The fraction of sp³-hybridized carbons (Fsp3) is 0.500. The van der Waals surface area contributed by atoms with Gasteiger partial charge in [-0.2, -0.15) is 0 Å². The summed E-state index contributed by atoms with van der Waals surface area (Å²) in [5.74, 6) is 0.281. The van der Waals surface area contributed by atoms with Crippen molar-refractivity contribution in [2.45, 2.75) is 32.1 Å². The van der Waals surface area contributed by atoms with Gasteiger partial charge in [0.15, 0.2) is 0 Å². The summed E-state index contributed by atoms with van der Waals surface area (Å²) in [4.78, 5) is 33.1. The molecule has 5 nitrogen and oxygen atoms in total. The van der Waals surface area contributed by atoms with Crippen LogP contribution in [0, 0.1) is 5.92 Å². The van der Waals surface area contributed by atoms with Gasteiger partial charge in [-0.1, -0.05) is 0 Å². The Morgan fingerprint density at radius 3 is 2.55 bits per heavy atom. The number of hydrogen-bond acceptors (Lipinski definition) is 5. The molecule has 0 radical (unpaired) electrons. The third kappa shape index (κ3) is 3.25. The number of thiophene rings is 1. The summed E-state index contributed by atoms with van der Waals surface area (Å²) in [5, 5.41) is 3.74. The average molecular weight is 294 g/mol. The number of anilines is 1. The Bertz CT molecular complexity index is 547. The van der Waals surface area contributed by atoms with Gasteiger partial charge in [0.1, 0.15) is 17.1 Å². The number of aldehydes is 1. The molecule has 0 spiro atoms. The third-order valence-electron chi connectivity index (χ3n) is 3.39. The number of primary amides is 1. The second-order valence-corrected chi connectivity index (χ2v) is 6.12. The predicted molar refractivity (Wildman–Crippen MR) is 78.2 cm³/mol. The van der Waals surface area contributed by atoms with Crippen LogP contribution in [0.3, 0.4) is 0 Å². The van der Waals surface area contributed by atoms with Crippen LogP contribution in [0.1, 0.15) is 40.1 Å². The van der Waals surface area contributed by atoms with Crippen LogP contribution in [0.4, 0.5) is 5.00 Å². The number of amides is 1. The molecule has 1 aromatic heterocycles. The molecule has 0 atom stereocenters. The summed E-state index contributed by atoms with van der Waals surface area (Å²) in [5.41, 5.74) is 6.88. The molecule has 1 aromatic rings. The Morgan fingerprint density at radius 2 is 2.10 bits per heavy atom. The van der Waals surface area contributed by atoms with Crippen molar-refractivity contribution in [3.05, 3.63) is 16.0 Å². The summed E-state index contributed by atoms with van der Waals surface area (Å²) in [6.45, 7) is 0. The number of nitrogens with two attached hydrogens (primary N) is 1. The highest BCUT2D eigenvalue weighted by Gasteiger charge is 2.26. The van der Waals surface area contributed by atoms with E-state index in [1.165, 1.54) is 11.3 Å². The molecule has 1 amide bonds. The standard InChI is InChI=1S/C10H12N2O2S.C4H6O/c1-12-10-8(9(11)14)6-3-2-5(13)4-7(6)15-10;5-3-4-1-2-4/h12H,2-4H2,1H3,(H2,11,14);3-4H,1-2H2. The molecular formula is C14H18N2O3S. The lowest BCUT2D eigenvalue weighted by atomic mass is 9.94. The number of ketones is 1. The van der Waals surface area contributed by atoms with E-state index in [2.05, 4.69) is 5.32 Å². The van der Waals surface area contributed by atoms with Crippen molar-refractivity contribution in [3.8, 4) is 0 Å². The Labute approximate surface area is 121 Å². The van der Waals surface area contributed by atoms with E-state index in [4.69, 9.17) is 5.73 Å². The Hall–Kier alpha value is -1.69. The first-order valence-electron chi connectivity index (χ1n) is 6.65. The van der Waals surface area contributed by atoms with Crippen LogP contribution >= 0.6 is 11.3 Å². The van der Waals surface area contributed by atoms with Crippen LogP contribution in [0.2, 0.25) is 0 Å². The Morgan fingerprint density at radius 1 is 1.40 bits per heavy atom. The van der Waals surface area contributed by atoms with Gasteiger partial charge in [0.05, 0.1) is 5.56 Å². The molecule has 20 heavy (non-hydrogen) atoms. The number of hydrogen-bond donors (Lipinski definition) is 2. The van der Waals surface area contributed by atoms with Crippen molar-refractivity contribution in [3.63, 3.8) is 0 Å². The first-order chi connectivity index (χ1) is 9.56. The van der Waals surface area contributed by atoms with E-state index in [-0.39, 0.29) is 5.78 Å². The monoisotopic (exact) mass is 294 g/mol. The summed E-state index contributed by atoms with van der Waals surface area (Å²) >= 11 is 1.46. The molecule has 1 fully saturated rings. The van der Waals surface area contributed by atoms with E-state index in [9.17, 15) is 14.4 Å². The molecular weight excluding hydrogens is 276 g/mol. The van der Waals surface area contributed by atoms with E-state index >= 15 is 0 Å². The molecule has 3 rings (SSSR count). The van der Waals surface area contributed by atoms with Crippen LogP contribution in [0.15, 0.2) is 0 Å². The molecule has 0 bridgehead atoms. The molecule has 0 saturated heterocycles. The number of rotatable bonds is 3. The van der Waals surface area contributed by atoms with Gasteiger partial charge in [-0.15, -0.1) is 11.3 Å². The van der Waals surface area contributed by atoms with Gasteiger partial charge in [0, 0.05) is 30.7 Å². The van der Waals surface area contributed by atoms with Crippen molar-refractivity contribution >= 4 is 34.3 Å². The average Bonchev–Trinajstić information content (AvgIpc) is 3.18. The third-order valence-corrected chi connectivity index (χ3v) is 4.64. The first-order valence-corrected chi connectivity index (χ1v) is 7.47. The Balaban J connectivity index is 0.000000247. The first kappa shape index (κ1) is 14.7. The van der Waals surface area contributed by atoms with E-state index in [1.807, 2.05) is 0 Å². The molecule has 0 aromatic carbocycles. The quantitative estimate of drug-likeness (QED) is 0.828. The van der Waals surface area contributed by atoms with Gasteiger partial charge in [-0.05, 0) is 24.8 Å². The minimum absolute atomic E-state index is 0.238. The van der Waals surface area contributed by atoms with Crippen molar-refractivity contribution in [2.75, 3.05) is 12.4 Å². The zero-order valence-corrected chi connectivity index (χ0v) is 12.2. The van der Waals surface area contributed by atoms with Gasteiger partial charge in [0.2, 0.25) is 0 Å². The van der Waals surface area contributed by atoms with Crippen LogP contribution in [0.5, 0.6) is 0 Å². The number of Topliss-reactive ketones (excluding diaryl/α,β-unsaturated/α-hetero) is 1. The Kier molecular flexibility index (Phi) is 4.54. The molecule has 0 unspecified atom stereocenters. The lowest BCUT2D eigenvalue weighted by Crippen LogP contribution is -2.18. The number of carbonyl (C=O) groups is 3. The van der Waals surface area contributed by atoms with E-state index in [0.29, 0.717) is 30.7 Å². The maximum absolute atomic E-state index is 11.3. The van der Waals surface area contributed by atoms with Crippen LogP contribution < -0.4 is 11.1 Å². The van der Waals surface area contributed by atoms with Crippen molar-refractivity contribution < 1.29 is 14.4 Å². The lowest BCUT2D eigenvalue weighted by molar-refractivity contribution is -0.118. The van der Waals surface area contributed by atoms with Gasteiger partial charge < -0.3 is 15.8 Å². The number of carbonyl (C=O) groups excluding carboxylic acids is 3. The van der Waals surface area contributed by atoms with Crippen molar-refractivity contribution in [1.29, 1.82) is 0 Å². The summed E-state index contributed by atoms with van der Waals surface area (Å²) in [6, 6.07) is 0. The minimum atomic E-state index is -0.411. The van der Waals surface area contributed by atoms with Crippen molar-refractivity contribution in [1.82, 2.24) is 0 Å². The second kappa shape index (κ2) is 6.17. The summed E-state index contributed by atoms with van der Waals surface area (Å²) < 4.78 is 0. The highest BCUT2D eigenvalue weighted by atomic mass is 32.1. The van der Waals surface area contributed by atoms with Crippen LogP contribution in [0.25, 0.3) is 0 Å². The molecule has 6 heteroatoms. The summed E-state index contributed by atoms with van der Waals surface area (Å²) in [6.07, 6.45) is 4.92. The van der Waals surface area contributed by atoms with E-state index in [1.54, 1.807) is 7.05 Å². The maximum atomic E-state index is 11.3. The highest BCUT2D eigenvalue weighted by Crippen LogP contribution is 2.36. The molecule has 0 aliphatic heterocycles. The summed E-state index contributed by atoms with van der Waals surface area (Å²) in [7, 11) is 1.76. The minimum Gasteiger partial charge on any atom is -0.379 e. The zero-order chi connectivity index (χ0) is 14.7. The molecule has 2 aliphatic rings.